The van der Waals surface area contributed by atoms with Gasteiger partial charge in [0, 0.05) is 18.0 Å². The topological polar surface area (TPSA) is 75.6 Å². The maximum absolute atomic E-state index is 11.6. The minimum atomic E-state index is -1.04. The molecule has 0 radical (unpaired) electrons. The molecule has 0 aliphatic carbocycles. The molecule has 5 heteroatoms. The number of carboxylic acid groups (broad SMARTS) is 1. The average Bonchev–Trinajstić information content (AvgIpc) is 2.43. The van der Waals surface area contributed by atoms with E-state index in [1.54, 1.807) is 45.2 Å². The largest absolute Gasteiger partial charge is 0.497 e. The number of carboxylic acids is 1. The Kier molecular flexibility index (Phi) is 5.36. The first-order valence-electron chi connectivity index (χ1n) is 6.15. The number of carbonyl (C=O) groups excluding carboxylic acids is 1. The molecule has 0 amide bonds. The number of ether oxygens (including phenoxy) is 1. The quantitative estimate of drug-likeness (QED) is 0.790. The normalized spacial score (nSPS) is 13.4. The highest BCUT2D eigenvalue weighted by Gasteiger charge is 2.28. The van der Waals surface area contributed by atoms with Crippen molar-refractivity contribution < 1.29 is 19.4 Å². The molecule has 2 unspecified atom stereocenters. The molecule has 1 rings (SSSR count). The van der Waals surface area contributed by atoms with Crippen LogP contribution >= 0.6 is 0 Å². The van der Waals surface area contributed by atoms with Crippen LogP contribution in [0, 0.1) is 5.92 Å². The molecule has 0 aliphatic rings. The standard InChI is InChI=1S/C14H19NO4/c1-4-12(16)9(2)13(14(17)18)15-10-5-7-11(19-3)8-6-10/h5-9,13,15H,4H2,1-3H3,(H,17,18). The SMILES string of the molecule is CCC(=O)C(C)C(Nc1ccc(OC)cc1)C(=O)O. The van der Waals surface area contributed by atoms with E-state index in [0.29, 0.717) is 17.9 Å². The van der Waals surface area contributed by atoms with E-state index in [4.69, 9.17) is 4.74 Å². The number of methoxy groups -OCH3 is 1. The van der Waals surface area contributed by atoms with Crippen molar-refractivity contribution in [3.05, 3.63) is 24.3 Å². The van der Waals surface area contributed by atoms with E-state index in [1.807, 2.05) is 0 Å². The van der Waals surface area contributed by atoms with Crippen molar-refractivity contribution in [2.24, 2.45) is 5.92 Å². The van der Waals surface area contributed by atoms with E-state index in [0.717, 1.165) is 0 Å². The Labute approximate surface area is 112 Å². The molecule has 19 heavy (non-hydrogen) atoms. The summed E-state index contributed by atoms with van der Waals surface area (Å²) in [4.78, 5) is 22.9. The lowest BCUT2D eigenvalue weighted by Crippen LogP contribution is -2.39. The molecule has 0 spiro atoms. The first-order valence-corrected chi connectivity index (χ1v) is 6.15. The molecule has 104 valence electrons. The van der Waals surface area contributed by atoms with E-state index in [-0.39, 0.29) is 5.78 Å². The molecule has 0 fully saturated rings. The second-order valence-electron chi connectivity index (χ2n) is 4.30. The van der Waals surface area contributed by atoms with Crippen LogP contribution in [0.1, 0.15) is 20.3 Å². The van der Waals surface area contributed by atoms with Gasteiger partial charge in [0.2, 0.25) is 0 Å². The summed E-state index contributed by atoms with van der Waals surface area (Å²) in [5.41, 5.74) is 0.643. The molecule has 1 aromatic rings. The van der Waals surface area contributed by atoms with Crippen molar-refractivity contribution in [1.82, 2.24) is 0 Å². The van der Waals surface area contributed by atoms with Crippen LogP contribution in [0.5, 0.6) is 5.75 Å². The van der Waals surface area contributed by atoms with Gasteiger partial charge < -0.3 is 15.2 Å². The number of hydrogen-bond acceptors (Lipinski definition) is 4. The van der Waals surface area contributed by atoms with Crippen LogP contribution in [0.25, 0.3) is 0 Å². The van der Waals surface area contributed by atoms with Gasteiger partial charge in [-0.05, 0) is 24.3 Å². The minimum absolute atomic E-state index is 0.0755. The summed E-state index contributed by atoms with van der Waals surface area (Å²) in [6.45, 7) is 3.35. The number of carbonyl (C=O) groups is 2. The van der Waals surface area contributed by atoms with Gasteiger partial charge in [0.1, 0.15) is 17.6 Å². The number of nitrogens with one attached hydrogen (secondary N) is 1. The fraction of sp³-hybridized carbons (Fsp3) is 0.429. The van der Waals surface area contributed by atoms with Crippen molar-refractivity contribution in [1.29, 1.82) is 0 Å². The molecule has 2 atom stereocenters. The molecule has 0 aromatic heterocycles. The van der Waals surface area contributed by atoms with Crippen LogP contribution in [0.3, 0.4) is 0 Å². The highest BCUT2D eigenvalue weighted by Crippen LogP contribution is 2.18. The second-order valence-corrected chi connectivity index (χ2v) is 4.30. The third kappa shape index (κ3) is 3.98. The van der Waals surface area contributed by atoms with E-state index < -0.39 is 17.9 Å². The monoisotopic (exact) mass is 265 g/mol. The first kappa shape index (κ1) is 15.0. The van der Waals surface area contributed by atoms with Gasteiger partial charge in [0.15, 0.2) is 0 Å². The highest BCUT2D eigenvalue weighted by molar-refractivity contribution is 5.89. The Balaban J connectivity index is 2.83. The fourth-order valence-electron chi connectivity index (χ4n) is 1.78. The van der Waals surface area contributed by atoms with Crippen molar-refractivity contribution in [3.63, 3.8) is 0 Å². The number of hydrogen-bond donors (Lipinski definition) is 2. The summed E-state index contributed by atoms with van der Waals surface area (Å²) in [5.74, 6) is -1.00. The van der Waals surface area contributed by atoms with Gasteiger partial charge in [-0.2, -0.15) is 0 Å². The number of rotatable bonds is 7. The predicted octanol–water partition coefficient (Wildman–Crippen LogP) is 2.18. The van der Waals surface area contributed by atoms with Crippen molar-refractivity contribution in [3.8, 4) is 5.75 Å². The first-order chi connectivity index (χ1) is 8.99. The van der Waals surface area contributed by atoms with Gasteiger partial charge in [-0.1, -0.05) is 13.8 Å². The average molecular weight is 265 g/mol. The van der Waals surface area contributed by atoms with Crippen LogP contribution in [0.4, 0.5) is 5.69 Å². The number of benzene rings is 1. The van der Waals surface area contributed by atoms with E-state index in [2.05, 4.69) is 5.32 Å². The summed E-state index contributed by atoms with van der Waals surface area (Å²) < 4.78 is 5.03. The molecule has 0 heterocycles. The van der Waals surface area contributed by atoms with Gasteiger partial charge in [-0.15, -0.1) is 0 Å². The molecular formula is C14H19NO4. The summed E-state index contributed by atoms with van der Waals surface area (Å²) in [6.07, 6.45) is 0.329. The number of anilines is 1. The lowest BCUT2D eigenvalue weighted by atomic mass is 9.95. The molecule has 0 saturated carbocycles. The van der Waals surface area contributed by atoms with Crippen LogP contribution in [0.2, 0.25) is 0 Å². The van der Waals surface area contributed by atoms with Gasteiger partial charge in [0.25, 0.3) is 0 Å². The molecule has 0 saturated heterocycles. The van der Waals surface area contributed by atoms with E-state index in [9.17, 15) is 14.7 Å². The predicted molar refractivity (Wildman–Crippen MR) is 72.5 cm³/mol. The molecule has 0 aliphatic heterocycles. The van der Waals surface area contributed by atoms with Crippen LogP contribution in [-0.4, -0.2) is 30.0 Å². The Hall–Kier alpha value is -2.04. The Morgan fingerprint density at radius 2 is 1.89 bits per heavy atom. The molecule has 5 nitrogen and oxygen atoms in total. The van der Waals surface area contributed by atoms with Crippen LogP contribution in [-0.2, 0) is 9.59 Å². The second kappa shape index (κ2) is 6.78. The molecule has 2 N–H and O–H groups in total. The summed E-state index contributed by atoms with van der Waals surface area (Å²) in [7, 11) is 1.56. The van der Waals surface area contributed by atoms with Crippen molar-refractivity contribution in [2.45, 2.75) is 26.3 Å². The number of Topliss-reactive ketones (excluding diaryl/α,β-unsaturated/α-hetero) is 1. The maximum atomic E-state index is 11.6. The number of aliphatic carboxylic acids is 1. The zero-order chi connectivity index (χ0) is 14.4. The summed E-state index contributed by atoms with van der Waals surface area (Å²) in [6, 6.07) is 5.97. The Morgan fingerprint density at radius 3 is 2.32 bits per heavy atom. The van der Waals surface area contributed by atoms with Gasteiger partial charge in [-0.3, -0.25) is 4.79 Å². The Morgan fingerprint density at radius 1 is 1.32 bits per heavy atom. The van der Waals surface area contributed by atoms with Crippen molar-refractivity contribution >= 4 is 17.4 Å². The number of ketones is 1. The molecule has 0 bridgehead atoms. The fourth-order valence-corrected chi connectivity index (χ4v) is 1.78. The van der Waals surface area contributed by atoms with Crippen LogP contribution in [0.15, 0.2) is 24.3 Å². The Bertz CT molecular complexity index is 441. The van der Waals surface area contributed by atoms with E-state index in [1.165, 1.54) is 0 Å². The summed E-state index contributed by atoms with van der Waals surface area (Å²) >= 11 is 0. The minimum Gasteiger partial charge on any atom is -0.497 e. The van der Waals surface area contributed by atoms with Gasteiger partial charge >= 0.3 is 5.97 Å². The van der Waals surface area contributed by atoms with E-state index >= 15 is 0 Å². The van der Waals surface area contributed by atoms with Crippen LogP contribution < -0.4 is 10.1 Å². The molecule has 1 aromatic carbocycles. The zero-order valence-electron chi connectivity index (χ0n) is 11.3. The lowest BCUT2D eigenvalue weighted by Gasteiger charge is -2.21. The van der Waals surface area contributed by atoms with Crippen molar-refractivity contribution in [2.75, 3.05) is 12.4 Å². The van der Waals surface area contributed by atoms with Gasteiger partial charge in [-0.25, -0.2) is 4.79 Å². The third-order valence-corrected chi connectivity index (χ3v) is 3.03. The maximum Gasteiger partial charge on any atom is 0.326 e. The zero-order valence-corrected chi connectivity index (χ0v) is 11.3. The molecular weight excluding hydrogens is 246 g/mol. The smallest absolute Gasteiger partial charge is 0.326 e. The third-order valence-electron chi connectivity index (χ3n) is 3.03. The lowest BCUT2D eigenvalue weighted by molar-refractivity contribution is -0.141. The highest BCUT2D eigenvalue weighted by atomic mass is 16.5. The van der Waals surface area contributed by atoms with Gasteiger partial charge in [0.05, 0.1) is 7.11 Å². The summed E-state index contributed by atoms with van der Waals surface area (Å²) in [5, 5.41) is 12.1.